The summed E-state index contributed by atoms with van der Waals surface area (Å²) in [5, 5.41) is 2.64. The number of halogens is 1. The van der Waals surface area contributed by atoms with Crippen LogP contribution < -0.4 is 15.8 Å². The highest BCUT2D eigenvalue weighted by molar-refractivity contribution is 7.89. The van der Waals surface area contributed by atoms with Crippen LogP contribution in [0.3, 0.4) is 0 Å². The molecule has 8 heteroatoms. The third kappa shape index (κ3) is 3.99. The summed E-state index contributed by atoms with van der Waals surface area (Å²) < 4.78 is 40.1. The van der Waals surface area contributed by atoms with Crippen LogP contribution in [0.2, 0.25) is 0 Å². The lowest BCUT2D eigenvalue weighted by atomic mass is 10.2. The van der Waals surface area contributed by atoms with Gasteiger partial charge >= 0.3 is 0 Å². The van der Waals surface area contributed by atoms with Crippen molar-refractivity contribution in [3.05, 3.63) is 29.6 Å². The monoisotopic (exact) mass is 315 g/mol. The highest BCUT2D eigenvalue weighted by Crippen LogP contribution is 2.28. The van der Waals surface area contributed by atoms with E-state index < -0.39 is 15.8 Å². The maximum atomic E-state index is 13.5. The lowest BCUT2D eigenvalue weighted by Crippen LogP contribution is -2.35. The highest BCUT2D eigenvalue weighted by atomic mass is 32.2. The first kappa shape index (κ1) is 15.9. The average Bonchev–Trinajstić information content (AvgIpc) is 3.27. The summed E-state index contributed by atoms with van der Waals surface area (Å²) in [6.07, 6.45) is 1.78. The van der Waals surface area contributed by atoms with E-state index in [2.05, 4.69) is 10.0 Å². The molecule has 6 nitrogen and oxygen atoms in total. The Morgan fingerprint density at radius 2 is 2.05 bits per heavy atom. The van der Waals surface area contributed by atoms with E-state index >= 15 is 0 Å². The molecule has 0 aliphatic heterocycles. The zero-order chi connectivity index (χ0) is 15.5. The molecule has 0 radical (unpaired) electrons. The molecule has 1 saturated carbocycles. The minimum absolute atomic E-state index is 0.0430. The second-order valence-electron chi connectivity index (χ2n) is 4.88. The number of carbonyl (C=O) groups is 1. The SMILES string of the molecule is NCc1c(F)cccc1S(=O)(=O)NCCNC(=O)C1CC1. The van der Waals surface area contributed by atoms with Crippen molar-refractivity contribution in [1.82, 2.24) is 10.0 Å². The van der Waals surface area contributed by atoms with Crippen LogP contribution in [0.4, 0.5) is 4.39 Å². The molecule has 116 valence electrons. The largest absolute Gasteiger partial charge is 0.355 e. The van der Waals surface area contributed by atoms with E-state index in [0.29, 0.717) is 0 Å². The van der Waals surface area contributed by atoms with E-state index in [0.717, 1.165) is 18.9 Å². The van der Waals surface area contributed by atoms with Crippen LogP contribution in [0.25, 0.3) is 0 Å². The third-order valence-corrected chi connectivity index (χ3v) is 4.78. The zero-order valence-electron chi connectivity index (χ0n) is 11.4. The van der Waals surface area contributed by atoms with Gasteiger partial charge in [0.05, 0.1) is 4.90 Å². The van der Waals surface area contributed by atoms with E-state index in [1.54, 1.807) is 0 Å². The highest BCUT2D eigenvalue weighted by Gasteiger charge is 2.29. The van der Waals surface area contributed by atoms with Crippen molar-refractivity contribution < 1.29 is 17.6 Å². The van der Waals surface area contributed by atoms with Gasteiger partial charge in [-0.1, -0.05) is 6.07 Å². The number of amides is 1. The van der Waals surface area contributed by atoms with Crippen LogP contribution in [-0.2, 0) is 21.4 Å². The summed E-state index contributed by atoms with van der Waals surface area (Å²) in [5.41, 5.74) is 5.34. The second kappa shape index (κ2) is 6.50. The Bertz CT molecular complexity index is 630. The number of nitrogens with one attached hydrogen (secondary N) is 2. The fraction of sp³-hybridized carbons (Fsp3) is 0.462. The smallest absolute Gasteiger partial charge is 0.241 e. The molecule has 21 heavy (non-hydrogen) atoms. The first-order valence-electron chi connectivity index (χ1n) is 6.70. The van der Waals surface area contributed by atoms with E-state index in [9.17, 15) is 17.6 Å². The number of benzene rings is 1. The summed E-state index contributed by atoms with van der Waals surface area (Å²) in [6.45, 7) is 0.0322. The van der Waals surface area contributed by atoms with Crippen LogP contribution >= 0.6 is 0 Å². The Balaban J connectivity index is 1.95. The molecule has 0 unspecified atom stereocenters. The summed E-state index contributed by atoms with van der Waals surface area (Å²) in [6, 6.07) is 3.78. The summed E-state index contributed by atoms with van der Waals surface area (Å²) in [4.78, 5) is 11.2. The van der Waals surface area contributed by atoms with Crippen LogP contribution in [0, 0.1) is 11.7 Å². The van der Waals surface area contributed by atoms with Gasteiger partial charge in [0.1, 0.15) is 5.82 Å². The van der Waals surface area contributed by atoms with Gasteiger partial charge in [0.2, 0.25) is 15.9 Å². The second-order valence-corrected chi connectivity index (χ2v) is 6.62. The van der Waals surface area contributed by atoms with Gasteiger partial charge in [0.15, 0.2) is 0 Å². The minimum Gasteiger partial charge on any atom is -0.355 e. The first-order chi connectivity index (χ1) is 9.95. The Kier molecular flexibility index (Phi) is 4.92. The number of hydrogen-bond donors (Lipinski definition) is 3. The molecule has 2 rings (SSSR count). The fourth-order valence-corrected chi connectivity index (χ4v) is 3.22. The lowest BCUT2D eigenvalue weighted by molar-refractivity contribution is -0.122. The van der Waals surface area contributed by atoms with Crippen molar-refractivity contribution in [2.75, 3.05) is 13.1 Å². The van der Waals surface area contributed by atoms with Gasteiger partial charge < -0.3 is 11.1 Å². The molecular formula is C13H18FN3O3S. The topological polar surface area (TPSA) is 101 Å². The molecule has 0 aromatic heterocycles. The average molecular weight is 315 g/mol. The van der Waals surface area contributed by atoms with Gasteiger partial charge in [-0.25, -0.2) is 17.5 Å². The molecule has 0 saturated heterocycles. The number of carbonyl (C=O) groups excluding carboxylic acids is 1. The number of hydrogen-bond acceptors (Lipinski definition) is 4. The normalized spacial score (nSPS) is 15.0. The van der Waals surface area contributed by atoms with Gasteiger partial charge in [0, 0.05) is 31.1 Å². The molecule has 1 aromatic carbocycles. The lowest BCUT2D eigenvalue weighted by Gasteiger charge is -2.11. The van der Waals surface area contributed by atoms with Crippen molar-refractivity contribution in [3.63, 3.8) is 0 Å². The number of rotatable bonds is 7. The predicted molar refractivity (Wildman–Crippen MR) is 75.2 cm³/mol. The number of nitrogens with two attached hydrogens (primary N) is 1. The van der Waals surface area contributed by atoms with Gasteiger partial charge in [-0.3, -0.25) is 4.79 Å². The van der Waals surface area contributed by atoms with E-state index in [1.807, 2.05) is 0 Å². The standard InChI is InChI=1S/C13H18FN3O3S/c14-11-2-1-3-12(10(11)8-15)21(19,20)17-7-6-16-13(18)9-4-5-9/h1-3,9,17H,4-8,15H2,(H,16,18). The molecule has 0 heterocycles. The Morgan fingerprint density at radius 1 is 1.33 bits per heavy atom. The van der Waals surface area contributed by atoms with Crippen LogP contribution in [0.1, 0.15) is 18.4 Å². The van der Waals surface area contributed by atoms with Crippen LogP contribution in [-0.4, -0.2) is 27.4 Å². The van der Waals surface area contributed by atoms with Gasteiger partial charge in [0.25, 0.3) is 0 Å². The maximum Gasteiger partial charge on any atom is 0.241 e. The van der Waals surface area contributed by atoms with Crippen LogP contribution in [0.15, 0.2) is 23.1 Å². The molecule has 0 bridgehead atoms. The van der Waals surface area contributed by atoms with Gasteiger partial charge in [-0.2, -0.15) is 0 Å². The number of sulfonamides is 1. The molecule has 1 aliphatic rings. The van der Waals surface area contributed by atoms with Crippen molar-refractivity contribution in [2.45, 2.75) is 24.3 Å². The molecule has 0 atom stereocenters. The first-order valence-corrected chi connectivity index (χ1v) is 8.19. The Labute approximate surface area is 123 Å². The fourth-order valence-electron chi connectivity index (χ4n) is 1.93. The van der Waals surface area contributed by atoms with Gasteiger partial charge in [-0.15, -0.1) is 0 Å². The van der Waals surface area contributed by atoms with Crippen molar-refractivity contribution in [2.24, 2.45) is 11.7 Å². The van der Waals surface area contributed by atoms with Crippen molar-refractivity contribution in [3.8, 4) is 0 Å². The van der Waals surface area contributed by atoms with Gasteiger partial charge in [-0.05, 0) is 25.0 Å². The Morgan fingerprint density at radius 3 is 2.67 bits per heavy atom. The van der Waals surface area contributed by atoms with E-state index in [1.165, 1.54) is 12.1 Å². The molecular weight excluding hydrogens is 297 g/mol. The van der Waals surface area contributed by atoms with Crippen LogP contribution in [0.5, 0.6) is 0 Å². The maximum absolute atomic E-state index is 13.5. The summed E-state index contributed by atoms with van der Waals surface area (Å²) in [5.74, 6) is -0.626. The molecule has 1 aromatic rings. The van der Waals surface area contributed by atoms with Crippen molar-refractivity contribution in [1.29, 1.82) is 0 Å². The van der Waals surface area contributed by atoms with E-state index in [-0.39, 0.29) is 41.9 Å². The third-order valence-electron chi connectivity index (χ3n) is 3.23. The zero-order valence-corrected chi connectivity index (χ0v) is 12.2. The summed E-state index contributed by atoms with van der Waals surface area (Å²) in [7, 11) is -3.85. The molecule has 0 spiro atoms. The van der Waals surface area contributed by atoms with Crippen molar-refractivity contribution >= 4 is 15.9 Å². The molecule has 1 amide bonds. The predicted octanol–water partition coefficient (Wildman–Crippen LogP) is 0.0889. The summed E-state index contributed by atoms with van der Waals surface area (Å²) >= 11 is 0. The Hall–Kier alpha value is -1.51. The molecule has 4 N–H and O–H groups in total. The minimum atomic E-state index is -3.85. The molecule has 1 fully saturated rings. The quantitative estimate of drug-likeness (QED) is 0.621. The van der Waals surface area contributed by atoms with E-state index in [4.69, 9.17) is 5.73 Å². The molecule has 1 aliphatic carbocycles.